The van der Waals surface area contributed by atoms with Crippen LogP contribution in [0, 0.1) is 5.82 Å². The molecule has 0 amide bonds. The van der Waals surface area contributed by atoms with Gasteiger partial charge in [-0.3, -0.25) is 0 Å². The smallest absolute Gasteiger partial charge is 0.191 e. The number of aryl methyl sites for hydroxylation is 1. The lowest BCUT2D eigenvalue weighted by atomic mass is 10.2. The largest absolute Gasteiger partial charge is 0.353 e. The number of aromatic nitrogens is 4. The summed E-state index contributed by atoms with van der Waals surface area (Å²) < 4.78 is 15.2. The molecule has 0 aliphatic carbocycles. The van der Waals surface area contributed by atoms with Gasteiger partial charge in [-0.25, -0.2) is 14.4 Å². The van der Waals surface area contributed by atoms with Crippen molar-refractivity contribution in [3.8, 4) is 11.3 Å². The maximum atomic E-state index is 13.3. The molecule has 1 aliphatic heterocycles. The van der Waals surface area contributed by atoms with E-state index in [0.29, 0.717) is 0 Å². The Labute approximate surface area is 184 Å². The van der Waals surface area contributed by atoms with Gasteiger partial charge in [-0.1, -0.05) is 6.92 Å². The van der Waals surface area contributed by atoms with Gasteiger partial charge in [0, 0.05) is 44.2 Å². The van der Waals surface area contributed by atoms with Crippen molar-refractivity contribution < 1.29 is 4.39 Å². The van der Waals surface area contributed by atoms with Crippen LogP contribution in [0.15, 0.2) is 41.8 Å². The fraction of sp³-hybridized carbons (Fsp3) is 0.318. The van der Waals surface area contributed by atoms with Gasteiger partial charge < -0.3 is 15.1 Å². The van der Waals surface area contributed by atoms with Gasteiger partial charge in [0.15, 0.2) is 16.6 Å². The third-order valence-electron chi connectivity index (χ3n) is 5.52. The van der Waals surface area contributed by atoms with Crippen molar-refractivity contribution >= 4 is 33.8 Å². The third kappa shape index (κ3) is 3.75. The summed E-state index contributed by atoms with van der Waals surface area (Å²) in [5.41, 5.74) is 3.53. The number of hydrogen-bond acceptors (Lipinski definition) is 7. The van der Waals surface area contributed by atoms with Crippen LogP contribution in [0.25, 0.3) is 16.9 Å². The van der Waals surface area contributed by atoms with E-state index in [9.17, 15) is 4.39 Å². The SMILES string of the molecule is CCc1nc2ccc(N3CCNCC3)nn2c1N(C)c1nc(-c2ccc(F)cc2)cs1. The average Bonchev–Trinajstić information content (AvgIpc) is 3.44. The van der Waals surface area contributed by atoms with E-state index in [4.69, 9.17) is 15.1 Å². The van der Waals surface area contributed by atoms with E-state index >= 15 is 0 Å². The number of rotatable bonds is 5. The van der Waals surface area contributed by atoms with Crippen molar-refractivity contribution in [1.29, 1.82) is 0 Å². The Morgan fingerprint density at radius 1 is 1.10 bits per heavy atom. The zero-order chi connectivity index (χ0) is 21.4. The molecule has 9 heteroatoms. The highest BCUT2D eigenvalue weighted by Gasteiger charge is 2.21. The van der Waals surface area contributed by atoms with E-state index in [1.807, 2.05) is 34.0 Å². The van der Waals surface area contributed by atoms with Gasteiger partial charge >= 0.3 is 0 Å². The van der Waals surface area contributed by atoms with Crippen LogP contribution in [-0.4, -0.2) is 52.8 Å². The number of thiazole rings is 1. The molecule has 5 rings (SSSR count). The van der Waals surface area contributed by atoms with Gasteiger partial charge in [0.2, 0.25) is 0 Å². The van der Waals surface area contributed by atoms with Crippen molar-refractivity contribution in [2.24, 2.45) is 0 Å². The monoisotopic (exact) mass is 437 g/mol. The molecule has 1 fully saturated rings. The average molecular weight is 438 g/mol. The Bertz CT molecular complexity index is 1190. The van der Waals surface area contributed by atoms with Gasteiger partial charge in [-0.2, -0.15) is 4.52 Å². The fourth-order valence-electron chi connectivity index (χ4n) is 3.86. The Morgan fingerprint density at radius 3 is 2.61 bits per heavy atom. The highest BCUT2D eigenvalue weighted by Crippen LogP contribution is 2.33. The number of hydrogen-bond donors (Lipinski definition) is 1. The molecule has 7 nitrogen and oxygen atoms in total. The summed E-state index contributed by atoms with van der Waals surface area (Å²) in [5, 5.41) is 11.1. The van der Waals surface area contributed by atoms with Gasteiger partial charge in [-0.15, -0.1) is 16.4 Å². The van der Waals surface area contributed by atoms with Crippen LogP contribution in [0.4, 0.5) is 21.2 Å². The van der Waals surface area contributed by atoms with Crippen LogP contribution >= 0.6 is 11.3 Å². The second-order valence-electron chi connectivity index (χ2n) is 7.52. The predicted molar refractivity (Wildman–Crippen MR) is 123 cm³/mol. The molecule has 0 atom stereocenters. The maximum Gasteiger partial charge on any atom is 0.191 e. The van der Waals surface area contributed by atoms with E-state index in [2.05, 4.69) is 17.1 Å². The Morgan fingerprint density at radius 2 is 1.87 bits per heavy atom. The molecule has 0 saturated carbocycles. The van der Waals surface area contributed by atoms with Gasteiger partial charge in [-0.05, 0) is 42.8 Å². The number of benzene rings is 1. The zero-order valence-corrected chi connectivity index (χ0v) is 18.4. The molecule has 160 valence electrons. The van der Waals surface area contributed by atoms with Crippen molar-refractivity contribution in [1.82, 2.24) is 24.9 Å². The first kappa shape index (κ1) is 19.9. The molecule has 0 bridgehead atoms. The first-order valence-electron chi connectivity index (χ1n) is 10.4. The summed E-state index contributed by atoms with van der Waals surface area (Å²) >= 11 is 1.55. The molecule has 31 heavy (non-hydrogen) atoms. The molecule has 0 spiro atoms. The van der Waals surface area contributed by atoms with Crippen LogP contribution < -0.4 is 15.1 Å². The van der Waals surface area contributed by atoms with Crippen LogP contribution in [0.5, 0.6) is 0 Å². The summed E-state index contributed by atoms with van der Waals surface area (Å²) in [4.78, 5) is 13.9. The summed E-state index contributed by atoms with van der Waals surface area (Å²) in [7, 11) is 2.00. The van der Waals surface area contributed by atoms with Crippen molar-refractivity contribution in [3.05, 3.63) is 53.3 Å². The molecule has 4 heterocycles. The quantitative estimate of drug-likeness (QED) is 0.513. The third-order valence-corrected chi connectivity index (χ3v) is 6.44. The first-order valence-corrected chi connectivity index (χ1v) is 11.3. The number of piperazine rings is 1. The van der Waals surface area contributed by atoms with Crippen LogP contribution in [0.3, 0.4) is 0 Å². The number of nitrogens with zero attached hydrogens (tertiary/aromatic N) is 6. The molecule has 0 radical (unpaired) electrons. The molecule has 4 aromatic rings. The Balaban J connectivity index is 1.53. The minimum absolute atomic E-state index is 0.249. The van der Waals surface area contributed by atoms with E-state index in [1.165, 1.54) is 12.1 Å². The van der Waals surface area contributed by atoms with Crippen LogP contribution in [-0.2, 0) is 6.42 Å². The Kier molecular flexibility index (Phi) is 5.29. The van der Waals surface area contributed by atoms with E-state index in [-0.39, 0.29) is 5.82 Å². The minimum atomic E-state index is -0.249. The number of anilines is 3. The fourth-order valence-corrected chi connectivity index (χ4v) is 4.66. The summed E-state index contributed by atoms with van der Waals surface area (Å²) in [5.74, 6) is 1.63. The highest BCUT2D eigenvalue weighted by molar-refractivity contribution is 7.14. The molecule has 0 unspecified atom stereocenters. The standard InChI is InChI=1S/C22H24FN7S/c1-3-17-21(28(2)22-26-18(14-31-22)15-4-6-16(23)7-5-15)30-19(25-17)8-9-20(27-30)29-12-10-24-11-13-29/h4-9,14,24H,3,10-13H2,1-2H3. The summed E-state index contributed by atoms with van der Waals surface area (Å²) in [6.45, 7) is 5.89. The molecule has 3 aromatic heterocycles. The molecule has 1 aliphatic rings. The van der Waals surface area contributed by atoms with Crippen molar-refractivity contribution in [2.75, 3.05) is 43.0 Å². The van der Waals surface area contributed by atoms with E-state index < -0.39 is 0 Å². The zero-order valence-electron chi connectivity index (χ0n) is 17.5. The number of fused-ring (bicyclic) bond motifs is 1. The molecular weight excluding hydrogens is 413 g/mol. The van der Waals surface area contributed by atoms with Crippen LogP contribution in [0.1, 0.15) is 12.6 Å². The first-order chi connectivity index (χ1) is 15.1. The van der Waals surface area contributed by atoms with Gasteiger partial charge in [0.1, 0.15) is 11.6 Å². The Hall–Kier alpha value is -3.04. The number of nitrogens with one attached hydrogen (secondary N) is 1. The number of halogens is 1. The normalized spacial score (nSPS) is 14.4. The minimum Gasteiger partial charge on any atom is -0.353 e. The van der Waals surface area contributed by atoms with Crippen molar-refractivity contribution in [3.63, 3.8) is 0 Å². The van der Waals surface area contributed by atoms with E-state index in [0.717, 1.165) is 72.0 Å². The maximum absolute atomic E-state index is 13.3. The predicted octanol–water partition coefficient (Wildman–Crippen LogP) is 3.73. The van der Waals surface area contributed by atoms with Gasteiger partial charge in [0.05, 0.1) is 11.4 Å². The summed E-state index contributed by atoms with van der Waals surface area (Å²) in [6, 6.07) is 10.5. The molecule has 1 aromatic carbocycles. The second kappa shape index (κ2) is 8.24. The number of imidazole rings is 1. The second-order valence-corrected chi connectivity index (χ2v) is 8.35. The molecular formula is C22H24FN7S. The lowest BCUT2D eigenvalue weighted by molar-refractivity contribution is 0.581. The lowest BCUT2D eigenvalue weighted by Gasteiger charge is -2.28. The summed E-state index contributed by atoms with van der Waals surface area (Å²) in [6.07, 6.45) is 0.794. The highest BCUT2D eigenvalue weighted by atomic mass is 32.1. The molecule has 1 saturated heterocycles. The van der Waals surface area contributed by atoms with E-state index in [1.54, 1.807) is 23.5 Å². The molecule has 1 N–H and O–H groups in total. The van der Waals surface area contributed by atoms with Crippen LogP contribution in [0.2, 0.25) is 0 Å². The topological polar surface area (TPSA) is 61.6 Å². The van der Waals surface area contributed by atoms with Crippen molar-refractivity contribution in [2.45, 2.75) is 13.3 Å². The lowest BCUT2D eigenvalue weighted by Crippen LogP contribution is -2.44. The van der Waals surface area contributed by atoms with Gasteiger partial charge in [0.25, 0.3) is 0 Å².